The number of carbonyl (C=O) groups is 1. The molecule has 0 aromatic heterocycles. The normalized spacial score (nSPS) is 12.4. The molecule has 0 radical (unpaired) electrons. The van der Waals surface area contributed by atoms with E-state index >= 15 is 0 Å². The summed E-state index contributed by atoms with van der Waals surface area (Å²) < 4.78 is 35.7. The van der Waals surface area contributed by atoms with Crippen LogP contribution in [-0.2, 0) is 24.8 Å². The Labute approximate surface area is 166 Å². The molecule has 0 bridgehead atoms. The van der Waals surface area contributed by atoms with E-state index in [1.54, 1.807) is 43.5 Å². The van der Waals surface area contributed by atoms with Gasteiger partial charge < -0.3 is 14.8 Å². The van der Waals surface area contributed by atoms with Crippen LogP contribution >= 0.6 is 0 Å². The molecular formula is C21H25NO5S. The monoisotopic (exact) mass is 403 g/mol. The largest absolute Gasteiger partial charge is 0.497 e. The van der Waals surface area contributed by atoms with Crippen molar-refractivity contribution in [3.05, 3.63) is 65.2 Å². The maximum Gasteiger partial charge on any atom is 0.351 e. The van der Waals surface area contributed by atoms with Gasteiger partial charge in [-0.25, -0.2) is 13.2 Å². The molecule has 0 atom stereocenters. The van der Waals surface area contributed by atoms with Gasteiger partial charge in [-0.15, -0.1) is 0 Å². The third kappa shape index (κ3) is 4.92. The fourth-order valence-electron chi connectivity index (χ4n) is 2.44. The third-order valence-electron chi connectivity index (χ3n) is 4.17. The maximum atomic E-state index is 13.0. The fourth-order valence-corrected chi connectivity index (χ4v) is 3.71. The van der Waals surface area contributed by atoms with Gasteiger partial charge in [0.2, 0.25) is 9.84 Å². The number of nitrogens with one attached hydrogen (secondary N) is 1. The molecule has 6 nitrogen and oxygen atoms in total. The molecule has 0 aliphatic carbocycles. The summed E-state index contributed by atoms with van der Waals surface area (Å²) in [6.07, 6.45) is 1.14. The zero-order valence-corrected chi connectivity index (χ0v) is 17.5. The van der Waals surface area contributed by atoms with Gasteiger partial charge in [0.05, 0.1) is 19.1 Å². The van der Waals surface area contributed by atoms with E-state index in [-0.39, 0.29) is 10.3 Å². The fraction of sp³-hybridized carbons (Fsp3) is 0.286. The van der Waals surface area contributed by atoms with Crippen molar-refractivity contribution in [2.45, 2.75) is 31.1 Å². The van der Waals surface area contributed by atoms with Crippen LogP contribution < -0.4 is 10.1 Å². The van der Waals surface area contributed by atoms with Crippen LogP contribution in [-0.4, -0.2) is 28.6 Å². The van der Waals surface area contributed by atoms with Crippen molar-refractivity contribution in [1.82, 2.24) is 0 Å². The molecule has 2 aromatic rings. The predicted molar refractivity (Wildman–Crippen MR) is 109 cm³/mol. The van der Waals surface area contributed by atoms with E-state index in [9.17, 15) is 13.2 Å². The van der Waals surface area contributed by atoms with E-state index in [1.807, 2.05) is 20.8 Å². The number of rotatable bonds is 6. The topological polar surface area (TPSA) is 81.7 Å². The smallest absolute Gasteiger partial charge is 0.351 e. The first-order chi connectivity index (χ1) is 13.1. The Morgan fingerprint density at radius 2 is 1.54 bits per heavy atom. The highest BCUT2D eigenvalue weighted by Gasteiger charge is 2.28. The lowest BCUT2D eigenvalue weighted by molar-refractivity contribution is -0.135. The van der Waals surface area contributed by atoms with E-state index < -0.39 is 20.7 Å². The second kappa shape index (κ2) is 8.48. The van der Waals surface area contributed by atoms with E-state index in [0.29, 0.717) is 11.4 Å². The Kier molecular flexibility index (Phi) is 6.51. The quantitative estimate of drug-likeness (QED) is 0.582. The highest BCUT2D eigenvalue weighted by Crippen LogP contribution is 2.26. The van der Waals surface area contributed by atoms with Crippen molar-refractivity contribution in [2.75, 3.05) is 19.5 Å². The van der Waals surface area contributed by atoms with Crippen LogP contribution in [0.4, 0.5) is 5.69 Å². The minimum absolute atomic E-state index is 0.0219. The van der Waals surface area contributed by atoms with Gasteiger partial charge in [0.25, 0.3) is 0 Å². The molecule has 7 heteroatoms. The van der Waals surface area contributed by atoms with E-state index in [1.165, 1.54) is 12.1 Å². The Morgan fingerprint density at radius 3 is 2.00 bits per heavy atom. The summed E-state index contributed by atoms with van der Waals surface area (Å²) in [5.74, 6) is -0.282. The maximum absolute atomic E-state index is 13.0. The zero-order chi connectivity index (χ0) is 20.9. The second-order valence-electron chi connectivity index (χ2n) is 7.15. The number of methoxy groups -OCH3 is 2. The van der Waals surface area contributed by atoms with Crippen molar-refractivity contribution >= 4 is 21.5 Å². The van der Waals surface area contributed by atoms with Crippen molar-refractivity contribution in [1.29, 1.82) is 0 Å². The number of hydrogen-bond acceptors (Lipinski definition) is 6. The molecular weight excluding hydrogens is 378 g/mol. The van der Waals surface area contributed by atoms with Crippen molar-refractivity contribution in [2.24, 2.45) is 0 Å². The van der Waals surface area contributed by atoms with Crippen LogP contribution in [0.25, 0.3) is 0 Å². The van der Waals surface area contributed by atoms with Crippen molar-refractivity contribution < 1.29 is 22.7 Å². The van der Waals surface area contributed by atoms with Gasteiger partial charge in [0.15, 0.2) is 4.91 Å². The summed E-state index contributed by atoms with van der Waals surface area (Å²) in [4.78, 5) is 11.7. The lowest BCUT2D eigenvalue weighted by Gasteiger charge is -2.19. The highest BCUT2D eigenvalue weighted by molar-refractivity contribution is 7.96. The third-order valence-corrected chi connectivity index (χ3v) is 5.92. The first-order valence-corrected chi connectivity index (χ1v) is 10.1. The molecule has 0 unspecified atom stereocenters. The van der Waals surface area contributed by atoms with Gasteiger partial charge in [-0.05, 0) is 47.4 Å². The first kappa shape index (κ1) is 21.5. The molecule has 150 valence electrons. The van der Waals surface area contributed by atoms with Gasteiger partial charge in [0, 0.05) is 11.9 Å². The Morgan fingerprint density at radius 1 is 0.964 bits per heavy atom. The van der Waals surface area contributed by atoms with Crippen LogP contribution in [0.5, 0.6) is 5.75 Å². The van der Waals surface area contributed by atoms with Crippen molar-refractivity contribution in [3.63, 3.8) is 0 Å². The van der Waals surface area contributed by atoms with Crippen LogP contribution in [0.1, 0.15) is 26.3 Å². The lowest BCUT2D eigenvalue weighted by Crippen LogP contribution is -2.17. The summed E-state index contributed by atoms with van der Waals surface area (Å²) in [6, 6.07) is 13.3. The van der Waals surface area contributed by atoms with E-state index in [0.717, 1.165) is 18.9 Å². The van der Waals surface area contributed by atoms with Gasteiger partial charge in [-0.3, -0.25) is 0 Å². The van der Waals surface area contributed by atoms with Crippen LogP contribution in [0.3, 0.4) is 0 Å². The van der Waals surface area contributed by atoms with Gasteiger partial charge in [-0.2, -0.15) is 0 Å². The minimum Gasteiger partial charge on any atom is -0.497 e. The molecule has 2 rings (SSSR count). The molecule has 0 amide bonds. The van der Waals surface area contributed by atoms with E-state index in [4.69, 9.17) is 4.74 Å². The lowest BCUT2D eigenvalue weighted by atomic mass is 9.87. The Balaban J connectivity index is 2.38. The Bertz CT molecular complexity index is 953. The SMILES string of the molecule is COC(=O)/C(=C/Nc1ccc(OC)cc1)S(=O)(=O)c1ccc(C(C)(C)C)cc1. The summed E-state index contributed by atoms with van der Waals surface area (Å²) >= 11 is 0. The molecule has 2 aromatic carbocycles. The number of sulfone groups is 1. The van der Waals surface area contributed by atoms with Crippen LogP contribution in [0.15, 0.2) is 64.5 Å². The number of esters is 1. The van der Waals surface area contributed by atoms with Gasteiger partial charge in [0.1, 0.15) is 5.75 Å². The first-order valence-electron chi connectivity index (χ1n) is 8.64. The molecule has 0 aliphatic rings. The Hall–Kier alpha value is -2.80. The second-order valence-corrected chi connectivity index (χ2v) is 9.07. The summed E-state index contributed by atoms with van der Waals surface area (Å²) in [7, 11) is -1.37. The highest BCUT2D eigenvalue weighted by atomic mass is 32.2. The average molecular weight is 404 g/mol. The summed E-state index contributed by atoms with van der Waals surface area (Å²) in [5.41, 5.74) is 1.48. The number of ether oxygens (including phenoxy) is 2. The molecule has 0 aliphatic heterocycles. The minimum atomic E-state index is -4.06. The van der Waals surface area contributed by atoms with Crippen LogP contribution in [0.2, 0.25) is 0 Å². The molecule has 0 saturated carbocycles. The number of carbonyl (C=O) groups excluding carboxylic acids is 1. The standard InChI is InChI=1S/C21H25NO5S/c1-21(2,3)15-6-12-18(13-7-15)28(24,25)19(20(23)27-5)14-22-16-8-10-17(26-4)11-9-16/h6-14,22H,1-5H3/b19-14-. The molecule has 0 heterocycles. The number of hydrogen-bond donors (Lipinski definition) is 1. The van der Waals surface area contributed by atoms with Crippen molar-refractivity contribution in [3.8, 4) is 5.75 Å². The average Bonchev–Trinajstić information content (AvgIpc) is 2.67. The van der Waals surface area contributed by atoms with Gasteiger partial charge in [-0.1, -0.05) is 32.9 Å². The molecule has 0 spiro atoms. The number of anilines is 1. The molecule has 0 saturated heterocycles. The van der Waals surface area contributed by atoms with Gasteiger partial charge >= 0.3 is 5.97 Å². The van der Waals surface area contributed by atoms with E-state index in [2.05, 4.69) is 10.1 Å². The summed E-state index contributed by atoms with van der Waals surface area (Å²) in [5, 5.41) is 2.83. The summed E-state index contributed by atoms with van der Waals surface area (Å²) in [6.45, 7) is 6.11. The zero-order valence-electron chi connectivity index (χ0n) is 16.6. The molecule has 28 heavy (non-hydrogen) atoms. The molecule has 0 fully saturated rings. The van der Waals surface area contributed by atoms with Crippen LogP contribution in [0, 0.1) is 0 Å². The number of benzene rings is 2. The predicted octanol–water partition coefficient (Wildman–Crippen LogP) is 3.89. The molecule has 1 N–H and O–H groups in total.